The van der Waals surface area contributed by atoms with E-state index in [1.54, 1.807) is 42.5 Å². The first-order valence-corrected chi connectivity index (χ1v) is 8.89. The summed E-state index contributed by atoms with van der Waals surface area (Å²) in [6, 6.07) is 15.0. The van der Waals surface area contributed by atoms with Crippen molar-refractivity contribution in [3.05, 3.63) is 70.4 Å². The van der Waals surface area contributed by atoms with Gasteiger partial charge >= 0.3 is 0 Å². The van der Waals surface area contributed by atoms with Gasteiger partial charge in [0.25, 0.3) is 5.91 Å². The van der Waals surface area contributed by atoms with E-state index in [1.807, 2.05) is 6.07 Å². The fourth-order valence-corrected chi connectivity index (χ4v) is 3.59. The maximum Gasteiger partial charge on any atom is 0.266 e. The second-order valence-electron chi connectivity index (χ2n) is 5.41. The largest absolute Gasteiger partial charge is 0.479 e. The fraction of sp³-hybridized carbons (Fsp3) is 0.105. The lowest BCUT2D eigenvalue weighted by atomic mass is 10.2. The molecule has 2 aromatic rings. The average molecular weight is 384 g/mol. The Labute approximate surface area is 159 Å². The Morgan fingerprint density at radius 2 is 1.88 bits per heavy atom. The lowest BCUT2D eigenvalue weighted by Gasteiger charge is -2.14. The number of nitriles is 1. The Morgan fingerprint density at radius 1 is 1.19 bits per heavy atom. The van der Waals surface area contributed by atoms with Crippen LogP contribution in [0.25, 0.3) is 6.08 Å². The predicted octanol–water partition coefficient (Wildman–Crippen LogP) is 4.13. The topological polar surface area (TPSA) is 53.3 Å². The minimum absolute atomic E-state index is 0.0125. The molecule has 0 N–H and O–H groups in total. The zero-order chi connectivity index (χ0) is 18.5. The average Bonchev–Trinajstić information content (AvgIpc) is 2.90. The molecule has 0 aliphatic carbocycles. The summed E-state index contributed by atoms with van der Waals surface area (Å²) in [5.74, 6) is 0.0999. The highest BCUT2D eigenvalue weighted by molar-refractivity contribution is 8.26. The van der Waals surface area contributed by atoms with Crippen LogP contribution in [0.15, 0.2) is 53.4 Å². The van der Waals surface area contributed by atoms with Gasteiger partial charge in [-0.25, -0.2) is 4.39 Å². The molecule has 3 rings (SSSR count). The third-order valence-electron chi connectivity index (χ3n) is 3.61. The van der Waals surface area contributed by atoms with Gasteiger partial charge in [-0.2, -0.15) is 5.26 Å². The number of thioether (sulfide) groups is 1. The maximum absolute atomic E-state index is 13.0. The van der Waals surface area contributed by atoms with Crippen LogP contribution in [0.1, 0.15) is 11.1 Å². The van der Waals surface area contributed by atoms with E-state index < -0.39 is 0 Å². The first kappa shape index (κ1) is 18.1. The monoisotopic (exact) mass is 384 g/mol. The third-order valence-corrected chi connectivity index (χ3v) is 4.99. The number of benzene rings is 2. The lowest BCUT2D eigenvalue weighted by Crippen LogP contribution is -2.27. The highest BCUT2D eigenvalue weighted by Gasteiger charge is 2.31. The van der Waals surface area contributed by atoms with Gasteiger partial charge in [0.05, 0.1) is 11.4 Å². The Balaban J connectivity index is 1.72. The number of thiocarbonyl (C=S) groups is 1. The van der Waals surface area contributed by atoms with E-state index >= 15 is 0 Å². The first-order valence-electron chi connectivity index (χ1n) is 7.66. The van der Waals surface area contributed by atoms with E-state index in [0.717, 1.165) is 11.1 Å². The van der Waals surface area contributed by atoms with Crippen LogP contribution in [-0.4, -0.2) is 21.7 Å². The van der Waals surface area contributed by atoms with Crippen molar-refractivity contribution in [3.63, 3.8) is 0 Å². The number of ether oxygens (including phenoxy) is 1. The minimum atomic E-state index is -0.318. The van der Waals surface area contributed by atoms with Crippen molar-refractivity contribution in [3.8, 4) is 11.8 Å². The van der Waals surface area contributed by atoms with E-state index in [-0.39, 0.29) is 18.3 Å². The van der Waals surface area contributed by atoms with Gasteiger partial charge in [-0.1, -0.05) is 48.2 Å². The number of halogens is 1. The Hall–Kier alpha value is -2.69. The molecule has 0 bridgehead atoms. The highest BCUT2D eigenvalue weighted by atomic mass is 32.2. The molecule has 0 spiro atoms. The second kappa shape index (κ2) is 8.13. The van der Waals surface area contributed by atoms with Crippen LogP contribution in [0.3, 0.4) is 0 Å². The molecule has 26 heavy (non-hydrogen) atoms. The number of hydrogen-bond donors (Lipinski definition) is 0. The molecule has 1 heterocycles. The van der Waals surface area contributed by atoms with Crippen LogP contribution in [0.5, 0.6) is 5.75 Å². The molecule has 4 nitrogen and oxygen atoms in total. The number of rotatable bonds is 5. The maximum atomic E-state index is 13.0. The van der Waals surface area contributed by atoms with Crippen LogP contribution in [0.4, 0.5) is 4.39 Å². The molecule has 1 amide bonds. The summed E-state index contributed by atoms with van der Waals surface area (Å²) in [5, 5.41) is 8.51. The molecule has 0 saturated carbocycles. The van der Waals surface area contributed by atoms with Crippen LogP contribution < -0.4 is 4.74 Å². The van der Waals surface area contributed by atoms with E-state index in [1.165, 1.54) is 28.8 Å². The van der Waals surface area contributed by atoms with Crippen molar-refractivity contribution in [1.82, 2.24) is 4.90 Å². The van der Waals surface area contributed by atoms with Gasteiger partial charge in [-0.05, 0) is 41.5 Å². The smallest absolute Gasteiger partial charge is 0.266 e. The van der Waals surface area contributed by atoms with Crippen LogP contribution in [-0.2, 0) is 11.3 Å². The van der Waals surface area contributed by atoms with Crippen molar-refractivity contribution in [2.45, 2.75) is 6.54 Å². The van der Waals surface area contributed by atoms with E-state index in [9.17, 15) is 9.18 Å². The van der Waals surface area contributed by atoms with Gasteiger partial charge in [-0.3, -0.25) is 9.69 Å². The van der Waals surface area contributed by atoms with E-state index in [4.69, 9.17) is 22.2 Å². The van der Waals surface area contributed by atoms with Crippen molar-refractivity contribution in [2.75, 3.05) is 6.61 Å². The molecule has 2 aromatic carbocycles. The molecule has 130 valence electrons. The number of amides is 1. The Kier molecular flexibility index (Phi) is 5.66. The van der Waals surface area contributed by atoms with Crippen molar-refractivity contribution in [2.24, 2.45) is 0 Å². The standard InChI is InChI=1S/C19H13FN2O2S2/c20-15-5-1-14(2-6-15)12-22-18(23)17(26-19(22)25)11-13-3-7-16(8-4-13)24-10-9-21/h1-8,11H,10,12H2/b17-11-. The summed E-state index contributed by atoms with van der Waals surface area (Å²) < 4.78 is 18.7. The van der Waals surface area contributed by atoms with Gasteiger partial charge in [0.2, 0.25) is 0 Å². The zero-order valence-electron chi connectivity index (χ0n) is 13.5. The second-order valence-corrected chi connectivity index (χ2v) is 7.09. The summed E-state index contributed by atoms with van der Waals surface area (Å²) in [6.45, 7) is 0.296. The van der Waals surface area contributed by atoms with Crippen LogP contribution in [0, 0.1) is 17.1 Å². The molecule has 1 aliphatic heterocycles. The molecule has 0 unspecified atom stereocenters. The number of nitrogens with zero attached hydrogens (tertiary/aromatic N) is 2. The van der Waals surface area contributed by atoms with Gasteiger partial charge in [0.15, 0.2) is 6.61 Å². The van der Waals surface area contributed by atoms with E-state index in [0.29, 0.717) is 21.5 Å². The molecular formula is C19H13FN2O2S2. The van der Waals surface area contributed by atoms with Gasteiger partial charge < -0.3 is 4.74 Å². The number of carbonyl (C=O) groups is 1. The summed E-state index contributed by atoms with van der Waals surface area (Å²) >= 11 is 6.54. The van der Waals surface area contributed by atoms with Crippen molar-refractivity contribution in [1.29, 1.82) is 5.26 Å². The Morgan fingerprint density at radius 3 is 2.54 bits per heavy atom. The van der Waals surface area contributed by atoms with Crippen LogP contribution >= 0.6 is 24.0 Å². The minimum Gasteiger partial charge on any atom is -0.479 e. The van der Waals surface area contributed by atoms with Crippen LogP contribution in [0.2, 0.25) is 0 Å². The molecule has 7 heteroatoms. The van der Waals surface area contributed by atoms with Gasteiger partial charge in [0, 0.05) is 0 Å². The summed E-state index contributed by atoms with van der Waals surface area (Å²) in [4.78, 5) is 14.6. The number of hydrogen-bond acceptors (Lipinski definition) is 5. The molecular weight excluding hydrogens is 371 g/mol. The zero-order valence-corrected chi connectivity index (χ0v) is 15.1. The SMILES string of the molecule is N#CCOc1ccc(/C=C2\SC(=S)N(Cc3ccc(F)cc3)C2=O)cc1. The highest BCUT2D eigenvalue weighted by Crippen LogP contribution is 2.33. The molecule has 0 atom stereocenters. The van der Waals surface area contributed by atoms with Gasteiger partial charge in [0.1, 0.15) is 22.0 Å². The summed E-state index contributed by atoms with van der Waals surface area (Å²) in [7, 11) is 0. The predicted molar refractivity (Wildman–Crippen MR) is 103 cm³/mol. The van der Waals surface area contributed by atoms with Crippen molar-refractivity contribution >= 4 is 40.3 Å². The quantitative estimate of drug-likeness (QED) is 0.573. The molecule has 1 aliphatic rings. The molecule has 0 aromatic heterocycles. The third kappa shape index (κ3) is 4.28. The fourth-order valence-electron chi connectivity index (χ4n) is 2.34. The molecule has 0 radical (unpaired) electrons. The summed E-state index contributed by atoms with van der Waals surface area (Å²) in [5.41, 5.74) is 1.64. The Bertz CT molecular complexity index is 903. The first-order chi connectivity index (χ1) is 12.6. The van der Waals surface area contributed by atoms with Gasteiger partial charge in [-0.15, -0.1) is 0 Å². The van der Waals surface area contributed by atoms with Crippen molar-refractivity contribution < 1.29 is 13.9 Å². The molecule has 1 fully saturated rings. The summed E-state index contributed by atoms with van der Waals surface area (Å²) in [6.07, 6.45) is 1.76. The normalized spacial score (nSPS) is 15.4. The lowest BCUT2D eigenvalue weighted by molar-refractivity contribution is -0.122. The number of carbonyl (C=O) groups excluding carboxylic acids is 1. The van der Waals surface area contributed by atoms with E-state index in [2.05, 4.69) is 0 Å². The molecule has 1 saturated heterocycles.